The summed E-state index contributed by atoms with van der Waals surface area (Å²) in [6.07, 6.45) is 10.7. The van der Waals surface area contributed by atoms with E-state index in [1.165, 1.54) is 0 Å². The SMILES string of the molecule is O=C(NCC1CCC(c2nnc(-c3ccncc3)o2)CC1)c1cccnc1. The number of hydrogen-bond acceptors (Lipinski definition) is 6. The van der Waals surface area contributed by atoms with Gasteiger partial charge in [0.15, 0.2) is 0 Å². The van der Waals surface area contributed by atoms with E-state index in [9.17, 15) is 4.79 Å². The third kappa shape index (κ3) is 4.19. The second kappa shape index (κ2) is 8.07. The molecule has 138 valence electrons. The minimum atomic E-state index is -0.0656. The van der Waals surface area contributed by atoms with Crippen molar-refractivity contribution in [1.82, 2.24) is 25.5 Å². The van der Waals surface area contributed by atoms with E-state index in [1.54, 1.807) is 36.9 Å². The molecule has 3 aromatic rings. The Bertz CT molecular complexity index is 874. The highest BCUT2D eigenvalue weighted by molar-refractivity contribution is 5.93. The molecule has 1 aliphatic rings. The van der Waals surface area contributed by atoms with E-state index in [-0.39, 0.29) is 5.91 Å². The molecule has 0 spiro atoms. The summed E-state index contributed by atoms with van der Waals surface area (Å²) in [5, 5.41) is 11.4. The van der Waals surface area contributed by atoms with Gasteiger partial charge in [-0.25, -0.2) is 0 Å². The molecule has 0 saturated heterocycles. The molecule has 27 heavy (non-hydrogen) atoms. The van der Waals surface area contributed by atoms with Crippen LogP contribution in [0.4, 0.5) is 0 Å². The fraction of sp³-hybridized carbons (Fsp3) is 0.350. The molecule has 3 heterocycles. The molecule has 7 heteroatoms. The van der Waals surface area contributed by atoms with Gasteiger partial charge in [0.05, 0.1) is 5.56 Å². The highest BCUT2D eigenvalue weighted by Gasteiger charge is 2.26. The Hall–Kier alpha value is -3.09. The van der Waals surface area contributed by atoms with Gasteiger partial charge in [0, 0.05) is 42.8 Å². The highest BCUT2D eigenvalue weighted by atomic mass is 16.4. The molecule has 0 radical (unpaired) electrons. The molecule has 1 N–H and O–H groups in total. The Labute approximate surface area is 157 Å². The number of amides is 1. The average Bonchev–Trinajstić information content (AvgIpc) is 3.24. The number of nitrogens with one attached hydrogen (secondary N) is 1. The van der Waals surface area contributed by atoms with Crippen molar-refractivity contribution in [3.05, 3.63) is 60.5 Å². The molecule has 0 aliphatic heterocycles. The minimum Gasteiger partial charge on any atom is -0.420 e. The largest absolute Gasteiger partial charge is 0.420 e. The zero-order valence-electron chi connectivity index (χ0n) is 14.9. The lowest BCUT2D eigenvalue weighted by molar-refractivity contribution is 0.0942. The van der Waals surface area contributed by atoms with Gasteiger partial charge in [-0.1, -0.05) is 0 Å². The lowest BCUT2D eigenvalue weighted by Gasteiger charge is -2.26. The number of pyridine rings is 2. The Balaban J connectivity index is 1.28. The van der Waals surface area contributed by atoms with Crippen LogP contribution >= 0.6 is 0 Å². The quantitative estimate of drug-likeness (QED) is 0.748. The van der Waals surface area contributed by atoms with Crippen LogP contribution in [0.2, 0.25) is 0 Å². The molecule has 0 atom stereocenters. The van der Waals surface area contributed by atoms with Gasteiger partial charge in [0.1, 0.15) is 0 Å². The zero-order chi connectivity index (χ0) is 18.5. The summed E-state index contributed by atoms with van der Waals surface area (Å²) >= 11 is 0. The Morgan fingerprint density at radius 3 is 2.59 bits per heavy atom. The fourth-order valence-corrected chi connectivity index (χ4v) is 3.46. The second-order valence-electron chi connectivity index (χ2n) is 6.85. The highest BCUT2D eigenvalue weighted by Crippen LogP contribution is 2.35. The summed E-state index contributed by atoms with van der Waals surface area (Å²) < 4.78 is 5.87. The fourth-order valence-electron chi connectivity index (χ4n) is 3.46. The molecule has 1 saturated carbocycles. The van der Waals surface area contributed by atoms with Crippen LogP contribution in [0, 0.1) is 5.92 Å². The summed E-state index contributed by atoms with van der Waals surface area (Å²) in [6.45, 7) is 0.687. The Morgan fingerprint density at radius 2 is 1.85 bits per heavy atom. The van der Waals surface area contributed by atoms with E-state index in [2.05, 4.69) is 25.5 Å². The van der Waals surface area contributed by atoms with Gasteiger partial charge in [0.2, 0.25) is 11.8 Å². The summed E-state index contributed by atoms with van der Waals surface area (Å²) in [5.74, 6) is 1.95. The van der Waals surface area contributed by atoms with Crippen LogP contribution in [0.5, 0.6) is 0 Å². The first-order chi connectivity index (χ1) is 13.3. The smallest absolute Gasteiger partial charge is 0.252 e. The van der Waals surface area contributed by atoms with Gasteiger partial charge in [-0.05, 0) is 55.9 Å². The average molecular weight is 363 g/mol. The molecule has 3 aromatic heterocycles. The maximum atomic E-state index is 12.1. The molecular formula is C20H21N5O2. The number of nitrogens with zero attached hydrogens (tertiary/aromatic N) is 4. The summed E-state index contributed by atoms with van der Waals surface area (Å²) in [4.78, 5) is 20.1. The van der Waals surface area contributed by atoms with Crippen molar-refractivity contribution >= 4 is 5.91 Å². The van der Waals surface area contributed by atoms with Crippen LogP contribution in [0.3, 0.4) is 0 Å². The van der Waals surface area contributed by atoms with E-state index < -0.39 is 0 Å². The van der Waals surface area contributed by atoms with E-state index >= 15 is 0 Å². The van der Waals surface area contributed by atoms with Crippen LogP contribution in [-0.2, 0) is 0 Å². The molecule has 0 aromatic carbocycles. The minimum absolute atomic E-state index is 0.0656. The maximum Gasteiger partial charge on any atom is 0.252 e. The number of hydrogen-bond donors (Lipinski definition) is 1. The molecule has 4 rings (SSSR count). The van der Waals surface area contributed by atoms with Crippen molar-refractivity contribution in [2.75, 3.05) is 6.54 Å². The van der Waals surface area contributed by atoms with Gasteiger partial charge in [-0.2, -0.15) is 0 Å². The van der Waals surface area contributed by atoms with Crippen LogP contribution in [0.15, 0.2) is 53.5 Å². The van der Waals surface area contributed by atoms with Crippen LogP contribution in [-0.4, -0.2) is 32.6 Å². The number of carbonyl (C=O) groups excluding carboxylic acids is 1. The Kier molecular flexibility index (Phi) is 5.18. The predicted octanol–water partition coefficient (Wildman–Crippen LogP) is 3.23. The lowest BCUT2D eigenvalue weighted by atomic mass is 9.82. The third-order valence-corrected chi connectivity index (χ3v) is 5.04. The molecule has 7 nitrogen and oxygen atoms in total. The van der Waals surface area contributed by atoms with Crippen molar-refractivity contribution in [3.8, 4) is 11.5 Å². The second-order valence-corrected chi connectivity index (χ2v) is 6.85. The maximum absolute atomic E-state index is 12.1. The standard InChI is InChI=1S/C20H21N5O2/c26-18(17-2-1-9-22-13-17)23-12-14-3-5-15(6-4-14)19-24-25-20(27-19)16-7-10-21-11-8-16/h1-2,7-11,13-15H,3-6,12H2,(H,23,26). The molecule has 1 fully saturated rings. The normalized spacial score (nSPS) is 19.6. The van der Waals surface area contributed by atoms with Gasteiger partial charge in [-0.15, -0.1) is 10.2 Å². The first-order valence-electron chi connectivity index (χ1n) is 9.21. The summed E-state index contributed by atoms with van der Waals surface area (Å²) in [7, 11) is 0. The van der Waals surface area contributed by atoms with Crippen molar-refractivity contribution < 1.29 is 9.21 Å². The van der Waals surface area contributed by atoms with Crippen LogP contribution < -0.4 is 5.32 Å². The molecule has 0 unspecified atom stereocenters. The molecule has 1 amide bonds. The van der Waals surface area contributed by atoms with Crippen molar-refractivity contribution in [2.24, 2.45) is 5.92 Å². The monoisotopic (exact) mass is 363 g/mol. The van der Waals surface area contributed by atoms with Gasteiger partial charge >= 0.3 is 0 Å². The number of aromatic nitrogens is 4. The zero-order valence-corrected chi connectivity index (χ0v) is 14.9. The molecule has 0 bridgehead atoms. The van der Waals surface area contributed by atoms with Crippen molar-refractivity contribution in [2.45, 2.75) is 31.6 Å². The predicted molar refractivity (Wildman–Crippen MR) is 98.8 cm³/mol. The lowest BCUT2D eigenvalue weighted by Crippen LogP contribution is -2.31. The van der Waals surface area contributed by atoms with Gasteiger partial charge in [-0.3, -0.25) is 14.8 Å². The van der Waals surface area contributed by atoms with E-state index in [4.69, 9.17) is 4.42 Å². The summed E-state index contributed by atoms with van der Waals surface area (Å²) in [5.41, 5.74) is 1.48. The molecular weight excluding hydrogens is 342 g/mol. The topological polar surface area (TPSA) is 93.8 Å². The molecule has 1 aliphatic carbocycles. The van der Waals surface area contributed by atoms with E-state index in [0.29, 0.717) is 35.7 Å². The first-order valence-corrected chi connectivity index (χ1v) is 9.21. The van der Waals surface area contributed by atoms with Crippen molar-refractivity contribution in [1.29, 1.82) is 0 Å². The van der Waals surface area contributed by atoms with Crippen LogP contribution in [0.1, 0.15) is 47.8 Å². The van der Waals surface area contributed by atoms with Crippen LogP contribution in [0.25, 0.3) is 11.5 Å². The number of carbonyl (C=O) groups is 1. The first kappa shape index (κ1) is 17.3. The summed E-state index contributed by atoms with van der Waals surface area (Å²) in [6, 6.07) is 7.26. The van der Waals surface area contributed by atoms with Gasteiger partial charge in [0.25, 0.3) is 5.91 Å². The van der Waals surface area contributed by atoms with Gasteiger partial charge < -0.3 is 9.73 Å². The van der Waals surface area contributed by atoms with E-state index in [1.807, 2.05) is 12.1 Å². The third-order valence-electron chi connectivity index (χ3n) is 5.04. The number of rotatable bonds is 5. The Morgan fingerprint density at radius 1 is 1.04 bits per heavy atom. The van der Waals surface area contributed by atoms with Crippen molar-refractivity contribution in [3.63, 3.8) is 0 Å². The van der Waals surface area contributed by atoms with E-state index in [0.717, 1.165) is 31.2 Å².